The molecule has 0 saturated carbocycles. The Morgan fingerprint density at radius 3 is 2.94 bits per heavy atom. The van der Waals surface area contributed by atoms with E-state index in [9.17, 15) is 4.79 Å². The number of hydrogen-bond acceptors (Lipinski definition) is 3. The minimum atomic E-state index is 0.0378. The monoisotopic (exact) mass is 254 g/mol. The number of carbonyl (C=O) groups excluding carboxylic acids is 1. The van der Waals surface area contributed by atoms with Crippen molar-refractivity contribution in [2.75, 3.05) is 26.3 Å². The Bertz CT molecular complexity index is 283. The Hall–Kier alpha value is -0.610. The molecular weight excluding hydrogens is 228 g/mol. The van der Waals surface area contributed by atoms with Gasteiger partial charge in [-0.2, -0.15) is 0 Å². The van der Waals surface area contributed by atoms with Gasteiger partial charge in [-0.25, -0.2) is 0 Å². The molecule has 0 spiro atoms. The average Bonchev–Trinajstić information content (AvgIpc) is 2.46. The highest BCUT2D eigenvalue weighted by Crippen LogP contribution is 2.22. The molecule has 18 heavy (non-hydrogen) atoms. The highest BCUT2D eigenvalue weighted by atomic mass is 16.5. The van der Waals surface area contributed by atoms with Gasteiger partial charge in [0.2, 0.25) is 5.91 Å². The van der Waals surface area contributed by atoms with E-state index in [-0.39, 0.29) is 12.1 Å². The number of nitrogens with one attached hydrogen (secondary N) is 1. The van der Waals surface area contributed by atoms with Crippen molar-refractivity contribution in [2.45, 2.75) is 51.6 Å². The van der Waals surface area contributed by atoms with Crippen LogP contribution in [0, 0.1) is 5.92 Å². The molecule has 2 rings (SSSR count). The summed E-state index contributed by atoms with van der Waals surface area (Å²) in [7, 11) is 0. The second-order valence-electron chi connectivity index (χ2n) is 5.47. The van der Waals surface area contributed by atoms with E-state index in [1.165, 1.54) is 12.8 Å². The molecule has 2 aliphatic heterocycles. The molecule has 2 heterocycles. The standard InChI is InChI=1S/C14H26N2O2/c1-3-11-5-6-15-13(9-11)14(17)16-7-8-18-10-12(16)4-2/h11-13,15H,3-10H2,1-2H3. The predicted molar refractivity (Wildman–Crippen MR) is 71.4 cm³/mol. The summed E-state index contributed by atoms with van der Waals surface area (Å²) in [6, 6.07) is 0.311. The first-order chi connectivity index (χ1) is 8.76. The van der Waals surface area contributed by atoms with Gasteiger partial charge < -0.3 is 15.0 Å². The van der Waals surface area contributed by atoms with Gasteiger partial charge in [0.25, 0.3) is 0 Å². The molecule has 2 aliphatic rings. The maximum atomic E-state index is 12.6. The molecule has 104 valence electrons. The Morgan fingerprint density at radius 1 is 1.39 bits per heavy atom. The Morgan fingerprint density at radius 2 is 2.22 bits per heavy atom. The van der Waals surface area contributed by atoms with E-state index in [1.54, 1.807) is 0 Å². The van der Waals surface area contributed by atoms with Gasteiger partial charge in [0, 0.05) is 6.54 Å². The third-order valence-electron chi connectivity index (χ3n) is 4.37. The second-order valence-corrected chi connectivity index (χ2v) is 5.47. The van der Waals surface area contributed by atoms with Gasteiger partial charge in [0.05, 0.1) is 25.3 Å². The second kappa shape index (κ2) is 6.53. The van der Waals surface area contributed by atoms with Gasteiger partial charge >= 0.3 is 0 Å². The quantitative estimate of drug-likeness (QED) is 0.828. The van der Waals surface area contributed by atoms with Crippen molar-refractivity contribution in [2.24, 2.45) is 5.92 Å². The molecule has 3 atom stereocenters. The number of hydrogen-bond donors (Lipinski definition) is 1. The molecule has 0 bridgehead atoms. The van der Waals surface area contributed by atoms with Gasteiger partial charge in [-0.15, -0.1) is 0 Å². The molecule has 0 aliphatic carbocycles. The summed E-state index contributed by atoms with van der Waals surface area (Å²) in [6.07, 6.45) is 4.38. The first-order valence-electron chi connectivity index (χ1n) is 7.37. The highest BCUT2D eigenvalue weighted by molar-refractivity contribution is 5.82. The third kappa shape index (κ3) is 3.04. The minimum Gasteiger partial charge on any atom is -0.377 e. The topological polar surface area (TPSA) is 41.6 Å². The Balaban J connectivity index is 1.96. The largest absolute Gasteiger partial charge is 0.377 e. The number of carbonyl (C=O) groups is 1. The number of piperidine rings is 1. The maximum Gasteiger partial charge on any atom is 0.240 e. The lowest BCUT2D eigenvalue weighted by atomic mass is 9.89. The first kappa shape index (κ1) is 13.8. The fraction of sp³-hybridized carbons (Fsp3) is 0.929. The van der Waals surface area contributed by atoms with Crippen LogP contribution in [-0.4, -0.2) is 49.2 Å². The highest BCUT2D eigenvalue weighted by Gasteiger charge is 2.33. The first-order valence-corrected chi connectivity index (χ1v) is 7.37. The van der Waals surface area contributed by atoms with Crippen molar-refractivity contribution < 1.29 is 9.53 Å². The summed E-state index contributed by atoms with van der Waals surface area (Å²) in [5.41, 5.74) is 0. The fourth-order valence-corrected chi connectivity index (χ4v) is 3.04. The van der Waals surface area contributed by atoms with Crippen LogP contribution in [0.15, 0.2) is 0 Å². The summed E-state index contributed by atoms with van der Waals surface area (Å²) < 4.78 is 5.47. The van der Waals surface area contributed by atoms with Crippen LogP contribution in [0.5, 0.6) is 0 Å². The van der Waals surface area contributed by atoms with E-state index in [1.807, 2.05) is 4.90 Å². The number of ether oxygens (including phenoxy) is 1. The Labute approximate surface area is 110 Å². The normalized spacial score (nSPS) is 33.4. The molecular formula is C14H26N2O2. The van der Waals surface area contributed by atoms with Crippen molar-refractivity contribution in [1.29, 1.82) is 0 Å². The summed E-state index contributed by atoms with van der Waals surface area (Å²) in [5.74, 6) is 1.00. The summed E-state index contributed by atoms with van der Waals surface area (Å²) in [6.45, 7) is 7.48. The van der Waals surface area contributed by atoms with Gasteiger partial charge in [-0.05, 0) is 31.7 Å². The van der Waals surface area contributed by atoms with Crippen LogP contribution >= 0.6 is 0 Å². The van der Waals surface area contributed by atoms with Crippen LogP contribution < -0.4 is 5.32 Å². The van der Waals surface area contributed by atoms with E-state index < -0.39 is 0 Å². The average molecular weight is 254 g/mol. The van der Waals surface area contributed by atoms with E-state index >= 15 is 0 Å². The molecule has 4 nitrogen and oxygen atoms in total. The van der Waals surface area contributed by atoms with Crippen LogP contribution in [0.1, 0.15) is 39.5 Å². The molecule has 0 aromatic rings. The molecule has 2 saturated heterocycles. The third-order valence-corrected chi connectivity index (χ3v) is 4.37. The van der Waals surface area contributed by atoms with E-state index in [4.69, 9.17) is 4.74 Å². The summed E-state index contributed by atoms with van der Waals surface area (Å²) in [5, 5.41) is 3.39. The SMILES string of the molecule is CCC1CCNC(C(=O)N2CCOCC2CC)C1. The van der Waals surface area contributed by atoms with Crippen molar-refractivity contribution in [3.05, 3.63) is 0 Å². The number of amides is 1. The van der Waals surface area contributed by atoms with Crippen molar-refractivity contribution in [1.82, 2.24) is 10.2 Å². The van der Waals surface area contributed by atoms with Crippen LogP contribution in [-0.2, 0) is 9.53 Å². The molecule has 1 N–H and O–H groups in total. The minimum absolute atomic E-state index is 0.0378. The van der Waals surface area contributed by atoms with Crippen LogP contribution in [0.2, 0.25) is 0 Å². The zero-order valence-corrected chi connectivity index (χ0v) is 11.7. The van der Waals surface area contributed by atoms with Gasteiger partial charge in [-0.1, -0.05) is 20.3 Å². The van der Waals surface area contributed by atoms with Crippen molar-refractivity contribution in [3.8, 4) is 0 Å². The molecule has 4 heteroatoms. The zero-order chi connectivity index (χ0) is 13.0. The number of rotatable bonds is 3. The number of nitrogens with zero attached hydrogens (tertiary/aromatic N) is 1. The summed E-state index contributed by atoms with van der Waals surface area (Å²) >= 11 is 0. The lowest BCUT2D eigenvalue weighted by Crippen LogP contribution is -2.56. The predicted octanol–water partition coefficient (Wildman–Crippen LogP) is 1.40. The zero-order valence-electron chi connectivity index (χ0n) is 11.7. The fourth-order valence-electron chi connectivity index (χ4n) is 3.04. The van der Waals surface area contributed by atoms with E-state index in [2.05, 4.69) is 19.2 Å². The molecule has 1 amide bonds. The molecule has 2 fully saturated rings. The molecule has 0 aromatic heterocycles. The maximum absolute atomic E-state index is 12.6. The van der Waals surface area contributed by atoms with Gasteiger partial charge in [0.1, 0.15) is 0 Å². The van der Waals surface area contributed by atoms with Crippen molar-refractivity contribution >= 4 is 5.91 Å². The van der Waals surface area contributed by atoms with E-state index in [0.717, 1.165) is 25.9 Å². The lowest BCUT2D eigenvalue weighted by Gasteiger charge is -2.39. The molecule has 3 unspecified atom stereocenters. The molecule has 0 aromatic carbocycles. The van der Waals surface area contributed by atoms with Crippen LogP contribution in [0.3, 0.4) is 0 Å². The lowest BCUT2D eigenvalue weighted by molar-refractivity contribution is -0.143. The van der Waals surface area contributed by atoms with Gasteiger partial charge in [0.15, 0.2) is 0 Å². The molecule has 0 radical (unpaired) electrons. The van der Waals surface area contributed by atoms with Crippen molar-refractivity contribution in [3.63, 3.8) is 0 Å². The van der Waals surface area contributed by atoms with Gasteiger partial charge in [-0.3, -0.25) is 4.79 Å². The Kier molecular flexibility index (Phi) is 5.01. The summed E-state index contributed by atoms with van der Waals surface area (Å²) in [4.78, 5) is 14.6. The number of morpholine rings is 1. The van der Waals surface area contributed by atoms with Crippen LogP contribution in [0.4, 0.5) is 0 Å². The smallest absolute Gasteiger partial charge is 0.240 e. The van der Waals surface area contributed by atoms with Crippen LogP contribution in [0.25, 0.3) is 0 Å². The van der Waals surface area contributed by atoms with E-state index in [0.29, 0.717) is 25.0 Å².